The Labute approximate surface area is 187 Å². The molecule has 160 valence electrons. The van der Waals surface area contributed by atoms with Crippen LogP contribution in [0.5, 0.6) is 11.5 Å². The van der Waals surface area contributed by atoms with Gasteiger partial charge in [0.2, 0.25) is 0 Å². The van der Waals surface area contributed by atoms with Crippen molar-refractivity contribution in [1.29, 1.82) is 0 Å². The molecule has 0 spiro atoms. The molecule has 0 bridgehead atoms. The third-order valence-electron chi connectivity index (χ3n) is 5.10. The SMILES string of the molecule is COc1cc(CNCCc2nc3ccccc3[nH]2)c(Cl)cc1OCc1cccc(C)c1. The molecule has 0 saturated carbocycles. The highest BCUT2D eigenvalue weighted by molar-refractivity contribution is 6.31. The molecule has 1 aromatic heterocycles. The third-order valence-corrected chi connectivity index (χ3v) is 5.45. The molecule has 0 saturated heterocycles. The molecule has 0 unspecified atom stereocenters. The second-order valence-corrected chi connectivity index (χ2v) is 7.91. The molecule has 0 aliphatic carbocycles. The number of rotatable bonds is 9. The van der Waals surface area contributed by atoms with Crippen molar-refractivity contribution in [3.8, 4) is 11.5 Å². The van der Waals surface area contributed by atoms with Crippen molar-refractivity contribution in [2.45, 2.75) is 26.5 Å². The van der Waals surface area contributed by atoms with E-state index in [2.05, 4.69) is 34.3 Å². The van der Waals surface area contributed by atoms with Crippen LogP contribution in [0.2, 0.25) is 5.02 Å². The number of benzene rings is 3. The van der Waals surface area contributed by atoms with E-state index in [9.17, 15) is 0 Å². The van der Waals surface area contributed by atoms with E-state index >= 15 is 0 Å². The maximum Gasteiger partial charge on any atom is 0.163 e. The predicted molar refractivity (Wildman–Crippen MR) is 125 cm³/mol. The first-order chi connectivity index (χ1) is 15.1. The van der Waals surface area contributed by atoms with Gasteiger partial charge in [-0.05, 0) is 36.2 Å². The first-order valence-electron chi connectivity index (χ1n) is 10.3. The highest BCUT2D eigenvalue weighted by atomic mass is 35.5. The molecule has 6 heteroatoms. The molecule has 2 N–H and O–H groups in total. The number of methoxy groups -OCH3 is 1. The zero-order chi connectivity index (χ0) is 21.6. The Balaban J connectivity index is 1.34. The fourth-order valence-corrected chi connectivity index (χ4v) is 3.72. The van der Waals surface area contributed by atoms with Crippen LogP contribution in [-0.2, 0) is 19.6 Å². The van der Waals surface area contributed by atoms with Crippen molar-refractivity contribution in [1.82, 2.24) is 15.3 Å². The molecule has 0 atom stereocenters. The van der Waals surface area contributed by atoms with E-state index in [0.29, 0.717) is 29.7 Å². The van der Waals surface area contributed by atoms with Gasteiger partial charge < -0.3 is 19.8 Å². The van der Waals surface area contributed by atoms with Crippen LogP contribution in [0.25, 0.3) is 11.0 Å². The first-order valence-corrected chi connectivity index (χ1v) is 10.7. The Bertz CT molecular complexity index is 1140. The number of hydrogen-bond acceptors (Lipinski definition) is 4. The molecule has 5 nitrogen and oxygen atoms in total. The van der Waals surface area contributed by atoms with Gasteiger partial charge in [-0.1, -0.05) is 53.6 Å². The van der Waals surface area contributed by atoms with Crippen LogP contribution in [0.15, 0.2) is 60.7 Å². The summed E-state index contributed by atoms with van der Waals surface area (Å²) in [5, 5.41) is 4.08. The minimum absolute atomic E-state index is 0.462. The van der Waals surface area contributed by atoms with Gasteiger partial charge in [-0.2, -0.15) is 0 Å². The lowest BCUT2D eigenvalue weighted by atomic mass is 10.1. The fourth-order valence-electron chi connectivity index (χ4n) is 3.50. The third kappa shape index (κ3) is 5.37. The van der Waals surface area contributed by atoms with Gasteiger partial charge >= 0.3 is 0 Å². The normalized spacial score (nSPS) is 11.1. The lowest BCUT2D eigenvalue weighted by molar-refractivity contribution is 0.284. The quantitative estimate of drug-likeness (QED) is 0.343. The lowest BCUT2D eigenvalue weighted by Crippen LogP contribution is -2.17. The number of imidazole rings is 1. The monoisotopic (exact) mass is 435 g/mol. The summed E-state index contributed by atoms with van der Waals surface area (Å²) in [4.78, 5) is 7.96. The van der Waals surface area contributed by atoms with Crippen molar-refractivity contribution >= 4 is 22.6 Å². The minimum Gasteiger partial charge on any atom is -0.493 e. The second kappa shape index (κ2) is 9.86. The Morgan fingerprint density at radius 3 is 2.71 bits per heavy atom. The summed E-state index contributed by atoms with van der Waals surface area (Å²) in [6.45, 7) is 3.94. The van der Waals surface area contributed by atoms with Crippen molar-refractivity contribution in [2.75, 3.05) is 13.7 Å². The predicted octanol–water partition coefficient (Wildman–Crippen LogP) is 5.44. The standard InChI is InChI=1S/C25H26ClN3O2/c1-17-6-5-7-18(12-17)16-31-24-14-20(26)19(13-23(24)30-2)15-27-11-10-25-28-21-8-3-4-9-22(21)29-25/h3-9,12-14,27H,10-11,15-16H2,1-2H3,(H,28,29). The van der Waals surface area contributed by atoms with Crippen molar-refractivity contribution in [3.05, 3.63) is 88.2 Å². The maximum atomic E-state index is 6.52. The number of H-pyrrole nitrogens is 1. The number of halogens is 1. The van der Waals surface area contributed by atoms with Crippen LogP contribution in [0.3, 0.4) is 0 Å². The maximum absolute atomic E-state index is 6.52. The van der Waals surface area contributed by atoms with Gasteiger partial charge in [-0.25, -0.2) is 4.98 Å². The second-order valence-electron chi connectivity index (χ2n) is 7.50. The Kier molecular flexibility index (Phi) is 6.75. The van der Waals surface area contributed by atoms with E-state index < -0.39 is 0 Å². The molecule has 0 radical (unpaired) electrons. The number of hydrogen-bond donors (Lipinski definition) is 2. The van der Waals surface area contributed by atoms with Crippen LogP contribution < -0.4 is 14.8 Å². The van der Waals surface area contributed by atoms with E-state index in [1.54, 1.807) is 7.11 Å². The van der Waals surface area contributed by atoms with Crippen LogP contribution in [0.4, 0.5) is 0 Å². The largest absolute Gasteiger partial charge is 0.493 e. The molecule has 0 aliphatic heterocycles. The number of aryl methyl sites for hydroxylation is 1. The zero-order valence-electron chi connectivity index (χ0n) is 17.7. The summed E-state index contributed by atoms with van der Waals surface area (Å²) in [5.74, 6) is 2.28. The molecule has 31 heavy (non-hydrogen) atoms. The van der Waals surface area contributed by atoms with E-state index in [0.717, 1.165) is 41.0 Å². The molecule has 4 aromatic rings. The Morgan fingerprint density at radius 1 is 1.03 bits per heavy atom. The number of para-hydroxylation sites is 2. The van der Waals surface area contributed by atoms with E-state index in [-0.39, 0.29) is 0 Å². The van der Waals surface area contributed by atoms with Gasteiger partial charge in [0.05, 0.1) is 18.1 Å². The van der Waals surface area contributed by atoms with Gasteiger partial charge in [-0.3, -0.25) is 0 Å². The topological polar surface area (TPSA) is 59.2 Å². The summed E-state index contributed by atoms with van der Waals surface area (Å²) in [5.41, 5.74) is 5.33. The Hall–Kier alpha value is -3.02. The summed E-state index contributed by atoms with van der Waals surface area (Å²) in [6, 6.07) is 20.0. The zero-order valence-corrected chi connectivity index (χ0v) is 18.5. The van der Waals surface area contributed by atoms with Crippen molar-refractivity contribution in [3.63, 3.8) is 0 Å². The number of nitrogens with one attached hydrogen (secondary N) is 2. The van der Waals surface area contributed by atoms with Crippen LogP contribution in [-0.4, -0.2) is 23.6 Å². The smallest absolute Gasteiger partial charge is 0.163 e. The molecular formula is C25H26ClN3O2. The highest BCUT2D eigenvalue weighted by Gasteiger charge is 2.11. The summed E-state index contributed by atoms with van der Waals surface area (Å²) < 4.78 is 11.5. The lowest BCUT2D eigenvalue weighted by Gasteiger charge is -2.14. The molecule has 4 rings (SSSR count). The first kappa shape index (κ1) is 21.2. The fraction of sp³-hybridized carbons (Fsp3) is 0.240. The Morgan fingerprint density at radius 2 is 1.90 bits per heavy atom. The van der Waals surface area contributed by atoms with Gasteiger partial charge in [-0.15, -0.1) is 0 Å². The van der Waals surface area contributed by atoms with Gasteiger partial charge in [0.15, 0.2) is 11.5 Å². The minimum atomic E-state index is 0.462. The highest BCUT2D eigenvalue weighted by Crippen LogP contribution is 2.34. The molecule has 0 amide bonds. The van der Waals surface area contributed by atoms with Crippen LogP contribution in [0, 0.1) is 6.92 Å². The molecule has 0 aliphatic rings. The number of ether oxygens (including phenoxy) is 2. The molecule has 0 fully saturated rings. The van der Waals surface area contributed by atoms with Crippen molar-refractivity contribution in [2.24, 2.45) is 0 Å². The van der Waals surface area contributed by atoms with Gasteiger partial charge in [0.1, 0.15) is 12.4 Å². The van der Waals surface area contributed by atoms with E-state index in [4.69, 9.17) is 21.1 Å². The molecule has 1 heterocycles. The number of nitrogens with zero attached hydrogens (tertiary/aromatic N) is 1. The number of aromatic amines is 1. The number of aromatic nitrogens is 2. The van der Waals surface area contributed by atoms with Crippen molar-refractivity contribution < 1.29 is 9.47 Å². The van der Waals surface area contributed by atoms with Crippen LogP contribution in [0.1, 0.15) is 22.5 Å². The van der Waals surface area contributed by atoms with E-state index in [1.165, 1.54) is 5.56 Å². The summed E-state index contributed by atoms with van der Waals surface area (Å²) >= 11 is 6.52. The summed E-state index contributed by atoms with van der Waals surface area (Å²) in [7, 11) is 1.64. The number of fused-ring (bicyclic) bond motifs is 1. The molecule has 3 aromatic carbocycles. The average molecular weight is 436 g/mol. The van der Waals surface area contributed by atoms with Gasteiger partial charge in [0.25, 0.3) is 0 Å². The molecular weight excluding hydrogens is 410 g/mol. The van der Waals surface area contributed by atoms with Gasteiger partial charge in [0, 0.05) is 30.6 Å². The van der Waals surface area contributed by atoms with E-state index in [1.807, 2.05) is 48.5 Å². The summed E-state index contributed by atoms with van der Waals surface area (Å²) in [6.07, 6.45) is 0.807. The average Bonchev–Trinajstić information content (AvgIpc) is 3.19. The van der Waals surface area contributed by atoms with Crippen LogP contribution >= 0.6 is 11.6 Å².